The summed E-state index contributed by atoms with van der Waals surface area (Å²) in [7, 11) is 0. The molecular weight excluding hydrogens is 482 g/mol. The molecule has 3 rings (SSSR count). The Labute approximate surface area is 215 Å². The topological polar surface area (TPSA) is 112 Å². The van der Waals surface area contributed by atoms with Crippen LogP contribution < -0.4 is 5.48 Å². The first-order chi connectivity index (χ1) is 17.4. The molecule has 0 unspecified atom stereocenters. The minimum absolute atomic E-state index is 0.0492. The number of aromatic nitrogens is 1. The maximum atomic E-state index is 13.5. The van der Waals surface area contributed by atoms with Gasteiger partial charge in [-0.3, -0.25) is 19.4 Å². The first kappa shape index (κ1) is 27.1. The zero-order valence-corrected chi connectivity index (χ0v) is 20.5. The molecule has 1 aliphatic heterocycles. The number of halogens is 1. The van der Waals surface area contributed by atoms with Crippen LogP contribution in [0.25, 0.3) is 0 Å². The maximum absolute atomic E-state index is 13.5. The average molecular weight is 510 g/mol. The Balaban J connectivity index is 1.98. The normalized spacial score (nSPS) is 19.5. The summed E-state index contributed by atoms with van der Waals surface area (Å²) < 4.78 is 0. The molecule has 2 heterocycles. The van der Waals surface area contributed by atoms with E-state index in [2.05, 4.69) is 16.4 Å². The Morgan fingerprint density at radius 1 is 1.33 bits per heavy atom. The fraction of sp³-hybridized carbons (Fsp3) is 0.296. The molecule has 0 saturated carbocycles. The van der Waals surface area contributed by atoms with Crippen LogP contribution in [0.4, 0.5) is 0 Å². The fourth-order valence-electron chi connectivity index (χ4n) is 4.23. The van der Waals surface area contributed by atoms with Crippen molar-refractivity contribution in [2.75, 3.05) is 6.61 Å². The molecule has 8 nitrogen and oxygen atoms in total. The van der Waals surface area contributed by atoms with Gasteiger partial charge in [-0.1, -0.05) is 47.9 Å². The van der Waals surface area contributed by atoms with Gasteiger partial charge in [0.05, 0.1) is 36.4 Å². The van der Waals surface area contributed by atoms with Crippen molar-refractivity contribution in [2.45, 2.75) is 44.1 Å². The predicted octanol–water partition coefficient (Wildman–Crippen LogP) is 2.68. The van der Waals surface area contributed by atoms with Crippen LogP contribution in [0.15, 0.2) is 71.9 Å². The van der Waals surface area contributed by atoms with E-state index in [-0.39, 0.29) is 13.0 Å². The number of amides is 2. The van der Waals surface area contributed by atoms with Crippen molar-refractivity contribution in [3.05, 3.63) is 88.7 Å². The molecule has 0 aliphatic carbocycles. The van der Waals surface area contributed by atoms with Crippen molar-refractivity contribution in [1.82, 2.24) is 15.4 Å². The summed E-state index contributed by atoms with van der Waals surface area (Å²) in [6.07, 6.45) is 10.7. The first-order valence-electron chi connectivity index (χ1n) is 11.4. The SMILES string of the molecule is C#C/C=C(Cl)\C=C/C[C@@H]1[C@@H](C(=O)NOCc2ccccn2)c2ccccc2C(=O)N1[C@@H](CO)[C@H](C)O. The Bertz CT molecular complexity index is 1160. The second-order valence-corrected chi connectivity index (χ2v) is 8.68. The Hall–Kier alpha value is -3.48. The number of pyridine rings is 1. The van der Waals surface area contributed by atoms with Crippen LogP contribution in [0, 0.1) is 12.3 Å². The van der Waals surface area contributed by atoms with E-state index in [0.29, 0.717) is 21.9 Å². The van der Waals surface area contributed by atoms with Gasteiger partial charge < -0.3 is 15.1 Å². The number of terminal acetylenes is 1. The number of rotatable bonds is 10. The molecule has 0 saturated heterocycles. The van der Waals surface area contributed by atoms with E-state index >= 15 is 0 Å². The maximum Gasteiger partial charge on any atom is 0.254 e. The highest BCUT2D eigenvalue weighted by molar-refractivity contribution is 6.31. The second kappa shape index (κ2) is 13.0. The van der Waals surface area contributed by atoms with Gasteiger partial charge in [0.25, 0.3) is 11.8 Å². The van der Waals surface area contributed by atoms with E-state index in [1.165, 1.54) is 17.9 Å². The average Bonchev–Trinajstić information content (AvgIpc) is 2.87. The van der Waals surface area contributed by atoms with Gasteiger partial charge in [-0.2, -0.15) is 0 Å². The molecule has 1 aliphatic rings. The number of aliphatic hydroxyl groups is 2. The minimum atomic E-state index is -1.05. The van der Waals surface area contributed by atoms with Gasteiger partial charge in [-0.05, 0) is 43.2 Å². The van der Waals surface area contributed by atoms with Gasteiger partial charge in [0.2, 0.25) is 0 Å². The van der Waals surface area contributed by atoms with Crippen LogP contribution >= 0.6 is 11.6 Å². The van der Waals surface area contributed by atoms with E-state index in [9.17, 15) is 19.8 Å². The lowest BCUT2D eigenvalue weighted by Crippen LogP contribution is -2.59. The third kappa shape index (κ3) is 6.39. The van der Waals surface area contributed by atoms with E-state index in [1.54, 1.807) is 54.7 Å². The summed E-state index contributed by atoms with van der Waals surface area (Å²) in [5, 5.41) is 20.7. The summed E-state index contributed by atoms with van der Waals surface area (Å²) in [6.45, 7) is 1.04. The van der Waals surface area contributed by atoms with Crippen molar-refractivity contribution in [3.63, 3.8) is 0 Å². The third-order valence-electron chi connectivity index (χ3n) is 5.88. The predicted molar refractivity (Wildman–Crippen MR) is 135 cm³/mol. The summed E-state index contributed by atoms with van der Waals surface area (Å²) in [6, 6.07) is 10.4. The number of benzene rings is 1. The zero-order chi connectivity index (χ0) is 26.1. The molecule has 0 fully saturated rings. The van der Waals surface area contributed by atoms with Crippen LogP contribution in [0.5, 0.6) is 0 Å². The number of hydrogen-bond donors (Lipinski definition) is 3. The molecule has 9 heteroatoms. The second-order valence-electron chi connectivity index (χ2n) is 8.25. The van der Waals surface area contributed by atoms with E-state index in [4.69, 9.17) is 22.9 Å². The largest absolute Gasteiger partial charge is 0.394 e. The van der Waals surface area contributed by atoms with E-state index in [0.717, 1.165) is 0 Å². The Morgan fingerprint density at radius 2 is 2.08 bits per heavy atom. The van der Waals surface area contributed by atoms with Crippen molar-refractivity contribution < 1.29 is 24.6 Å². The molecule has 4 atom stereocenters. The van der Waals surface area contributed by atoms with Crippen LogP contribution in [0.1, 0.15) is 40.9 Å². The molecule has 2 aromatic rings. The van der Waals surface area contributed by atoms with Gasteiger partial charge in [0, 0.05) is 22.9 Å². The molecule has 3 N–H and O–H groups in total. The molecule has 1 aromatic carbocycles. The quantitative estimate of drug-likeness (QED) is 0.258. The summed E-state index contributed by atoms with van der Waals surface area (Å²) in [5.41, 5.74) is 3.94. The van der Waals surface area contributed by atoms with Gasteiger partial charge >= 0.3 is 0 Å². The monoisotopic (exact) mass is 509 g/mol. The van der Waals surface area contributed by atoms with Crippen LogP contribution in [0.2, 0.25) is 0 Å². The molecule has 0 radical (unpaired) electrons. The molecular formula is C27H28ClN3O5. The lowest BCUT2D eigenvalue weighted by molar-refractivity contribution is -0.138. The number of fused-ring (bicyclic) bond motifs is 1. The van der Waals surface area contributed by atoms with Crippen molar-refractivity contribution in [2.24, 2.45) is 0 Å². The lowest BCUT2D eigenvalue weighted by atomic mass is 9.79. The van der Waals surface area contributed by atoms with Gasteiger partial charge in [-0.25, -0.2) is 5.48 Å². The zero-order valence-electron chi connectivity index (χ0n) is 19.8. The van der Waals surface area contributed by atoms with Gasteiger partial charge in [0.15, 0.2) is 0 Å². The molecule has 0 spiro atoms. The number of carbonyl (C=O) groups excluding carboxylic acids is 2. The Morgan fingerprint density at radius 3 is 2.75 bits per heavy atom. The van der Waals surface area contributed by atoms with E-state index < -0.39 is 42.5 Å². The lowest BCUT2D eigenvalue weighted by Gasteiger charge is -2.45. The molecule has 188 valence electrons. The van der Waals surface area contributed by atoms with Gasteiger partial charge in [0.1, 0.15) is 6.61 Å². The Kier molecular flexibility index (Phi) is 9.79. The number of carbonyl (C=O) groups is 2. The number of nitrogens with one attached hydrogen (secondary N) is 1. The number of hydroxylamine groups is 1. The fourth-order valence-corrected chi connectivity index (χ4v) is 4.38. The highest BCUT2D eigenvalue weighted by Crippen LogP contribution is 2.37. The smallest absolute Gasteiger partial charge is 0.254 e. The first-order valence-corrected chi connectivity index (χ1v) is 11.8. The standard InChI is InChI=1S/C27H28ClN3O5/c1-3-9-19(28)10-8-14-23-25(26(34)30-36-17-20-11-6-7-15-29-20)21-12-4-5-13-22(21)27(35)31(23)24(16-32)18(2)33/h1,4-13,15,18,23-25,32-33H,14,16-17H2,2H3,(H,30,34)/b10-8-,19-9+/t18-,23+,24-,25-/m0/s1. The summed E-state index contributed by atoms with van der Waals surface area (Å²) >= 11 is 6.08. The van der Waals surface area contributed by atoms with Crippen LogP contribution in [-0.4, -0.2) is 56.7 Å². The van der Waals surface area contributed by atoms with Crippen LogP contribution in [0.3, 0.4) is 0 Å². The number of hydrogen-bond acceptors (Lipinski definition) is 6. The molecule has 2 amide bonds. The van der Waals surface area contributed by atoms with Crippen molar-refractivity contribution >= 4 is 23.4 Å². The molecule has 1 aromatic heterocycles. The molecule has 0 bridgehead atoms. The van der Waals surface area contributed by atoms with Crippen LogP contribution in [-0.2, 0) is 16.2 Å². The van der Waals surface area contributed by atoms with E-state index in [1.807, 2.05) is 6.07 Å². The minimum Gasteiger partial charge on any atom is -0.394 e. The number of aliphatic hydroxyl groups excluding tert-OH is 2. The van der Waals surface area contributed by atoms with Crippen molar-refractivity contribution in [3.8, 4) is 12.3 Å². The van der Waals surface area contributed by atoms with Gasteiger partial charge in [-0.15, -0.1) is 6.42 Å². The number of allylic oxidation sites excluding steroid dienone is 3. The molecule has 36 heavy (non-hydrogen) atoms. The highest BCUT2D eigenvalue weighted by atomic mass is 35.5. The third-order valence-corrected chi connectivity index (χ3v) is 6.12. The summed E-state index contributed by atoms with van der Waals surface area (Å²) in [4.78, 5) is 38.0. The summed E-state index contributed by atoms with van der Waals surface area (Å²) in [5.74, 6) is 0.584. The highest BCUT2D eigenvalue weighted by Gasteiger charge is 2.46. The van der Waals surface area contributed by atoms with Crippen molar-refractivity contribution in [1.29, 1.82) is 0 Å². The number of nitrogens with zero attached hydrogens (tertiary/aromatic N) is 2.